The minimum absolute atomic E-state index is 0.825. The van der Waals surface area contributed by atoms with Crippen LogP contribution in [-0.4, -0.2) is 13.2 Å². The van der Waals surface area contributed by atoms with Gasteiger partial charge in [0.15, 0.2) is 0 Å². The van der Waals surface area contributed by atoms with Crippen molar-refractivity contribution in [1.29, 1.82) is 0 Å². The summed E-state index contributed by atoms with van der Waals surface area (Å²) in [6, 6.07) is 0. The van der Waals surface area contributed by atoms with Gasteiger partial charge in [0.2, 0.25) is 0 Å². The van der Waals surface area contributed by atoms with Crippen molar-refractivity contribution in [3.05, 3.63) is 23.7 Å². The van der Waals surface area contributed by atoms with Crippen molar-refractivity contribution in [2.45, 2.75) is 71.6 Å². The van der Waals surface area contributed by atoms with Crippen LogP contribution in [0.1, 0.15) is 71.6 Å². The van der Waals surface area contributed by atoms with Crippen LogP contribution < -0.4 is 0 Å². The van der Waals surface area contributed by atoms with Crippen LogP contribution in [0.5, 0.6) is 0 Å². The maximum Gasteiger partial charge on any atom is 0.0919 e. The summed E-state index contributed by atoms with van der Waals surface area (Å²) in [5.41, 5.74) is 0. The van der Waals surface area contributed by atoms with Crippen LogP contribution in [-0.2, 0) is 9.47 Å². The van der Waals surface area contributed by atoms with Gasteiger partial charge < -0.3 is 9.47 Å². The number of ether oxygens (including phenoxy) is 2. The number of rotatable bonds is 5. The molecule has 0 aromatic carbocycles. The Labute approximate surface area is 118 Å². The fourth-order valence-corrected chi connectivity index (χ4v) is 2.30. The van der Waals surface area contributed by atoms with Crippen molar-refractivity contribution in [3.8, 4) is 0 Å². The lowest BCUT2D eigenvalue weighted by Crippen LogP contribution is -1.97. The number of hydrogen-bond donors (Lipinski definition) is 0. The van der Waals surface area contributed by atoms with Gasteiger partial charge in [-0.3, -0.25) is 0 Å². The van der Waals surface area contributed by atoms with E-state index in [1.54, 1.807) is 0 Å². The topological polar surface area (TPSA) is 18.5 Å². The molecule has 2 aliphatic rings. The van der Waals surface area contributed by atoms with Gasteiger partial charge in [0.05, 0.1) is 24.7 Å². The Morgan fingerprint density at radius 1 is 0.842 bits per heavy atom. The molecule has 2 rings (SSSR count). The second kappa shape index (κ2) is 11.0. The first kappa shape index (κ1) is 16.1. The van der Waals surface area contributed by atoms with Gasteiger partial charge in [0.1, 0.15) is 0 Å². The minimum atomic E-state index is 0.825. The molecule has 2 nitrogen and oxygen atoms in total. The Kier molecular flexibility index (Phi) is 9.30. The Balaban J connectivity index is 0.000000191. The monoisotopic (exact) mass is 266 g/mol. The number of hydrogen-bond acceptors (Lipinski definition) is 2. The SMILES string of the molecule is CCCOC1=CCCCC1.CCOC1=CCCCC1. The molecule has 0 unspecified atom stereocenters. The molecule has 19 heavy (non-hydrogen) atoms. The average Bonchev–Trinajstić information content (AvgIpc) is 2.48. The van der Waals surface area contributed by atoms with Crippen LogP contribution in [0.4, 0.5) is 0 Å². The van der Waals surface area contributed by atoms with Crippen molar-refractivity contribution in [1.82, 2.24) is 0 Å². The first-order valence-corrected chi connectivity index (χ1v) is 8.00. The van der Waals surface area contributed by atoms with Crippen LogP contribution >= 0.6 is 0 Å². The van der Waals surface area contributed by atoms with Gasteiger partial charge in [-0.15, -0.1) is 0 Å². The summed E-state index contributed by atoms with van der Waals surface area (Å²) in [7, 11) is 0. The maximum absolute atomic E-state index is 5.49. The molecule has 0 aromatic heterocycles. The van der Waals surface area contributed by atoms with Gasteiger partial charge in [-0.2, -0.15) is 0 Å². The molecule has 0 radical (unpaired) electrons. The highest BCUT2D eigenvalue weighted by molar-refractivity contribution is 4.96. The predicted molar refractivity (Wildman–Crippen MR) is 81.0 cm³/mol. The average molecular weight is 266 g/mol. The fraction of sp³-hybridized carbons (Fsp3) is 0.765. The van der Waals surface area contributed by atoms with Crippen LogP contribution in [0.25, 0.3) is 0 Å². The van der Waals surface area contributed by atoms with E-state index in [1.165, 1.54) is 56.5 Å². The molecule has 0 spiro atoms. The second-order valence-electron chi connectivity index (χ2n) is 5.11. The van der Waals surface area contributed by atoms with Gasteiger partial charge in [-0.25, -0.2) is 0 Å². The summed E-state index contributed by atoms with van der Waals surface area (Å²) < 4.78 is 10.8. The van der Waals surface area contributed by atoms with Crippen LogP contribution in [0.15, 0.2) is 23.7 Å². The van der Waals surface area contributed by atoms with Crippen molar-refractivity contribution in [2.24, 2.45) is 0 Å². The van der Waals surface area contributed by atoms with Crippen molar-refractivity contribution < 1.29 is 9.47 Å². The predicted octanol–water partition coefficient (Wildman–Crippen LogP) is 5.35. The zero-order valence-corrected chi connectivity index (χ0v) is 12.7. The van der Waals surface area contributed by atoms with E-state index in [-0.39, 0.29) is 0 Å². The highest BCUT2D eigenvalue weighted by atomic mass is 16.5. The lowest BCUT2D eigenvalue weighted by Gasteiger charge is -2.13. The standard InChI is InChI=1S/C9H16O.C8H14O/c1-2-8-10-9-6-4-3-5-7-9;1-2-9-8-6-4-3-5-7-8/h6H,2-5,7-8H2,1H3;6H,2-5,7H2,1H3. The smallest absolute Gasteiger partial charge is 0.0919 e. The summed E-state index contributed by atoms with van der Waals surface area (Å²) in [6.07, 6.45) is 15.7. The summed E-state index contributed by atoms with van der Waals surface area (Å²) in [5, 5.41) is 0. The van der Waals surface area contributed by atoms with E-state index in [1.807, 2.05) is 6.92 Å². The molecule has 0 N–H and O–H groups in total. The highest BCUT2D eigenvalue weighted by Crippen LogP contribution is 2.18. The van der Waals surface area contributed by atoms with Gasteiger partial charge in [-0.05, 0) is 64.0 Å². The molecular formula is C17H30O2. The normalized spacial score (nSPS) is 18.6. The Bertz CT molecular complexity index is 279. The fourth-order valence-electron chi connectivity index (χ4n) is 2.30. The molecule has 2 aliphatic carbocycles. The molecule has 0 saturated carbocycles. The van der Waals surface area contributed by atoms with Crippen LogP contribution in [0.3, 0.4) is 0 Å². The third-order valence-electron chi connectivity index (χ3n) is 3.32. The molecule has 0 atom stereocenters. The van der Waals surface area contributed by atoms with E-state index >= 15 is 0 Å². The van der Waals surface area contributed by atoms with Gasteiger partial charge >= 0.3 is 0 Å². The molecule has 2 heteroatoms. The van der Waals surface area contributed by atoms with E-state index in [4.69, 9.17) is 9.47 Å². The molecule has 0 aliphatic heterocycles. The third-order valence-corrected chi connectivity index (χ3v) is 3.32. The zero-order valence-electron chi connectivity index (χ0n) is 12.7. The lowest BCUT2D eigenvalue weighted by atomic mass is 10.1. The maximum atomic E-state index is 5.49. The summed E-state index contributed by atoms with van der Waals surface area (Å²) >= 11 is 0. The van der Waals surface area contributed by atoms with Crippen molar-refractivity contribution >= 4 is 0 Å². The minimum Gasteiger partial charge on any atom is -0.499 e. The summed E-state index contributed by atoms with van der Waals surface area (Å²) in [6.45, 7) is 5.90. The Hall–Kier alpha value is -0.920. The van der Waals surface area contributed by atoms with E-state index in [0.29, 0.717) is 0 Å². The van der Waals surface area contributed by atoms with Gasteiger partial charge in [-0.1, -0.05) is 6.92 Å². The molecule has 0 aromatic rings. The van der Waals surface area contributed by atoms with Gasteiger partial charge in [0, 0.05) is 12.8 Å². The van der Waals surface area contributed by atoms with Crippen molar-refractivity contribution in [2.75, 3.05) is 13.2 Å². The molecule has 0 fully saturated rings. The van der Waals surface area contributed by atoms with Crippen LogP contribution in [0, 0.1) is 0 Å². The van der Waals surface area contributed by atoms with E-state index in [2.05, 4.69) is 19.1 Å². The van der Waals surface area contributed by atoms with E-state index in [9.17, 15) is 0 Å². The highest BCUT2D eigenvalue weighted by Gasteiger charge is 2.03. The second-order valence-corrected chi connectivity index (χ2v) is 5.11. The lowest BCUT2D eigenvalue weighted by molar-refractivity contribution is 0.195. The molecule has 0 heterocycles. The third kappa shape index (κ3) is 7.97. The van der Waals surface area contributed by atoms with Crippen LogP contribution in [0.2, 0.25) is 0 Å². The zero-order chi connectivity index (χ0) is 13.8. The molecule has 0 amide bonds. The Morgan fingerprint density at radius 3 is 1.84 bits per heavy atom. The molecule has 110 valence electrons. The van der Waals surface area contributed by atoms with E-state index < -0.39 is 0 Å². The first-order valence-electron chi connectivity index (χ1n) is 8.00. The molecule has 0 saturated heterocycles. The molecular weight excluding hydrogens is 236 g/mol. The quantitative estimate of drug-likeness (QED) is 0.667. The molecule has 0 bridgehead atoms. The van der Waals surface area contributed by atoms with Crippen molar-refractivity contribution in [3.63, 3.8) is 0 Å². The number of allylic oxidation sites excluding steroid dienone is 4. The largest absolute Gasteiger partial charge is 0.499 e. The first-order chi connectivity index (χ1) is 9.36. The van der Waals surface area contributed by atoms with E-state index in [0.717, 1.165) is 26.1 Å². The summed E-state index contributed by atoms with van der Waals surface area (Å²) in [5.74, 6) is 2.44. The Morgan fingerprint density at radius 2 is 1.42 bits per heavy atom. The van der Waals surface area contributed by atoms with Gasteiger partial charge in [0.25, 0.3) is 0 Å². The summed E-state index contributed by atoms with van der Waals surface area (Å²) in [4.78, 5) is 0.